The molecule has 0 spiro atoms. The minimum Gasteiger partial charge on any atom is -0.497 e. The molecular weight excluding hydrogens is 218 g/mol. The quantitative estimate of drug-likeness (QED) is 0.738. The van der Waals surface area contributed by atoms with E-state index in [0.29, 0.717) is 13.2 Å². The molecule has 0 amide bonds. The van der Waals surface area contributed by atoms with Gasteiger partial charge >= 0.3 is 0 Å². The summed E-state index contributed by atoms with van der Waals surface area (Å²) in [5.41, 5.74) is 1.17. The number of aliphatic hydroxyl groups excluding tert-OH is 1. The normalized spacial score (nSPS) is 10.8. The van der Waals surface area contributed by atoms with Crippen LogP contribution in [-0.2, 0) is 11.3 Å². The second-order valence-corrected chi connectivity index (χ2v) is 3.84. The highest BCUT2D eigenvalue weighted by molar-refractivity contribution is 5.28. The summed E-state index contributed by atoms with van der Waals surface area (Å²) in [4.78, 5) is 2.15. The van der Waals surface area contributed by atoms with E-state index >= 15 is 0 Å². The van der Waals surface area contributed by atoms with Crippen molar-refractivity contribution in [2.24, 2.45) is 0 Å². The number of benzene rings is 1. The molecule has 96 valence electrons. The van der Waals surface area contributed by atoms with E-state index in [0.717, 1.165) is 18.8 Å². The fraction of sp³-hybridized carbons (Fsp3) is 0.538. The van der Waals surface area contributed by atoms with Crippen molar-refractivity contribution in [1.82, 2.24) is 4.90 Å². The molecule has 0 aliphatic heterocycles. The van der Waals surface area contributed by atoms with Crippen molar-refractivity contribution in [1.29, 1.82) is 0 Å². The van der Waals surface area contributed by atoms with Crippen molar-refractivity contribution < 1.29 is 14.6 Å². The Bertz CT molecular complexity index is 317. The van der Waals surface area contributed by atoms with Crippen molar-refractivity contribution in [2.75, 3.05) is 40.5 Å². The molecule has 0 aliphatic carbocycles. The SMILES string of the molecule is COCCN(CCO)Cc1cccc(OC)c1. The van der Waals surface area contributed by atoms with Gasteiger partial charge in [-0.1, -0.05) is 12.1 Å². The Hall–Kier alpha value is -1.10. The topological polar surface area (TPSA) is 41.9 Å². The molecule has 17 heavy (non-hydrogen) atoms. The van der Waals surface area contributed by atoms with Crippen LogP contribution in [0.4, 0.5) is 0 Å². The summed E-state index contributed by atoms with van der Waals surface area (Å²) < 4.78 is 10.2. The maximum absolute atomic E-state index is 9.01. The van der Waals surface area contributed by atoms with Gasteiger partial charge in [0.2, 0.25) is 0 Å². The van der Waals surface area contributed by atoms with Gasteiger partial charge in [0.1, 0.15) is 5.75 Å². The molecule has 0 fully saturated rings. The monoisotopic (exact) mass is 239 g/mol. The lowest BCUT2D eigenvalue weighted by Crippen LogP contribution is -2.29. The molecular formula is C13H21NO3. The molecule has 1 N–H and O–H groups in total. The largest absolute Gasteiger partial charge is 0.497 e. The number of hydrogen-bond acceptors (Lipinski definition) is 4. The zero-order chi connectivity index (χ0) is 12.5. The fourth-order valence-electron chi connectivity index (χ4n) is 1.66. The fourth-order valence-corrected chi connectivity index (χ4v) is 1.66. The molecule has 0 bridgehead atoms. The van der Waals surface area contributed by atoms with Crippen molar-refractivity contribution in [3.05, 3.63) is 29.8 Å². The van der Waals surface area contributed by atoms with E-state index in [1.807, 2.05) is 18.2 Å². The van der Waals surface area contributed by atoms with Crippen molar-refractivity contribution in [3.63, 3.8) is 0 Å². The van der Waals surface area contributed by atoms with Gasteiger partial charge in [0.15, 0.2) is 0 Å². The maximum Gasteiger partial charge on any atom is 0.119 e. The average Bonchev–Trinajstić information content (AvgIpc) is 2.36. The van der Waals surface area contributed by atoms with Crippen LogP contribution in [0.2, 0.25) is 0 Å². The Balaban J connectivity index is 2.57. The van der Waals surface area contributed by atoms with Gasteiger partial charge in [0, 0.05) is 26.7 Å². The molecule has 0 unspecified atom stereocenters. The van der Waals surface area contributed by atoms with Crippen LogP contribution < -0.4 is 4.74 Å². The third kappa shape index (κ3) is 5.17. The first-order valence-electron chi connectivity index (χ1n) is 5.75. The molecule has 1 rings (SSSR count). The van der Waals surface area contributed by atoms with E-state index < -0.39 is 0 Å². The third-order valence-electron chi connectivity index (χ3n) is 2.57. The molecule has 0 atom stereocenters. The number of methoxy groups -OCH3 is 2. The molecule has 0 aliphatic rings. The first kappa shape index (κ1) is 14.0. The van der Waals surface area contributed by atoms with E-state index in [1.165, 1.54) is 5.56 Å². The number of nitrogens with zero attached hydrogens (tertiary/aromatic N) is 1. The molecule has 1 aromatic carbocycles. The Labute approximate surface area is 103 Å². The molecule has 4 nitrogen and oxygen atoms in total. The summed E-state index contributed by atoms with van der Waals surface area (Å²) in [6, 6.07) is 7.97. The van der Waals surface area contributed by atoms with Gasteiger partial charge in [-0.05, 0) is 17.7 Å². The zero-order valence-corrected chi connectivity index (χ0v) is 10.6. The number of ether oxygens (including phenoxy) is 2. The lowest BCUT2D eigenvalue weighted by Gasteiger charge is -2.21. The molecule has 1 aromatic rings. The predicted molar refractivity (Wildman–Crippen MR) is 67.2 cm³/mol. The smallest absolute Gasteiger partial charge is 0.119 e. The van der Waals surface area contributed by atoms with E-state index in [1.54, 1.807) is 14.2 Å². The Morgan fingerprint density at radius 1 is 1.24 bits per heavy atom. The first-order chi connectivity index (χ1) is 8.30. The molecule has 0 heterocycles. The highest BCUT2D eigenvalue weighted by atomic mass is 16.5. The van der Waals surface area contributed by atoms with Crippen LogP contribution in [0.5, 0.6) is 5.75 Å². The van der Waals surface area contributed by atoms with Gasteiger partial charge in [-0.15, -0.1) is 0 Å². The number of rotatable bonds is 8. The Kier molecular flexibility index (Phi) is 6.62. The van der Waals surface area contributed by atoms with Crippen molar-refractivity contribution >= 4 is 0 Å². The van der Waals surface area contributed by atoms with Crippen LogP contribution in [0.1, 0.15) is 5.56 Å². The van der Waals surface area contributed by atoms with Crippen molar-refractivity contribution in [2.45, 2.75) is 6.54 Å². The molecule has 0 saturated heterocycles. The van der Waals surface area contributed by atoms with Gasteiger partial charge in [0.05, 0.1) is 20.3 Å². The minimum atomic E-state index is 0.160. The lowest BCUT2D eigenvalue weighted by molar-refractivity contribution is 0.127. The summed E-state index contributed by atoms with van der Waals surface area (Å²) in [7, 11) is 3.35. The minimum absolute atomic E-state index is 0.160. The van der Waals surface area contributed by atoms with E-state index in [2.05, 4.69) is 11.0 Å². The number of hydrogen-bond donors (Lipinski definition) is 1. The predicted octanol–water partition coefficient (Wildman–Crippen LogP) is 1.14. The summed E-state index contributed by atoms with van der Waals surface area (Å²) in [6.45, 7) is 3.09. The van der Waals surface area contributed by atoms with Gasteiger partial charge < -0.3 is 14.6 Å². The molecule has 0 saturated carbocycles. The van der Waals surface area contributed by atoms with Crippen LogP contribution in [-0.4, -0.2) is 50.5 Å². The van der Waals surface area contributed by atoms with Crippen LogP contribution in [0.25, 0.3) is 0 Å². The summed E-state index contributed by atoms with van der Waals surface area (Å²) in [5, 5.41) is 9.01. The van der Waals surface area contributed by atoms with Crippen LogP contribution in [0.15, 0.2) is 24.3 Å². The third-order valence-corrected chi connectivity index (χ3v) is 2.57. The Morgan fingerprint density at radius 2 is 2.06 bits per heavy atom. The molecule has 0 radical (unpaired) electrons. The van der Waals surface area contributed by atoms with Crippen LogP contribution >= 0.6 is 0 Å². The highest BCUT2D eigenvalue weighted by Gasteiger charge is 2.05. The standard InChI is InChI=1S/C13H21NO3/c1-16-9-7-14(6-8-15)11-12-4-3-5-13(10-12)17-2/h3-5,10,15H,6-9,11H2,1-2H3. The van der Waals surface area contributed by atoms with Crippen molar-refractivity contribution in [3.8, 4) is 5.75 Å². The summed E-state index contributed by atoms with van der Waals surface area (Å²) in [6.07, 6.45) is 0. The maximum atomic E-state index is 9.01. The molecule has 0 aromatic heterocycles. The van der Waals surface area contributed by atoms with Gasteiger partial charge in [0.25, 0.3) is 0 Å². The molecule has 4 heteroatoms. The van der Waals surface area contributed by atoms with Crippen LogP contribution in [0, 0.1) is 0 Å². The zero-order valence-electron chi connectivity index (χ0n) is 10.6. The van der Waals surface area contributed by atoms with E-state index in [9.17, 15) is 0 Å². The van der Waals surface area contributed by atoms with Crippen LogP contribution in [0.3, 0.4) is 0 Å². The van der Waals surface area contributed by atoms with Gasteiger partial charge in [-0.3, -0.25) is 4.90 Å². The van der Waals surface area contributed by atoms with E-state index in [4.69, 9.17) is 14.6 Å². The average molecular weight is 239 g/mol. The van der Waals surface area contributed by atoms with E-state index in [-0.39, 0.29) is 6.61 Å². The van der Waals surface area contributed by atoms with Gasteiger partial charge in [-0.2, -0.15) is 0 Å². The van der Waals surface area contributed by atoms with Gasteiger partial charge in [-0.25, -0.2) is 0 Å². The Morgan fingerprint density at radius 3 is 2.71 bits per heavy atom. The first-order valence-corrected chi connectivity index (χ1v) is 5.75. The highest BCUT2D eigenvalue weighted by Crippen LogP contribution is 2.14. The number of aliphatic hydroxyl groups is 1. The lowest BCUT2D eigenvalue weighted by atomic mass is 10.2. The second kappa shape index (κ2) is 8.06. The summed E-state index contributed by atoms with van der Waals surface area (Å²) >= 11 is 0. The summed E-state index contributed by atoms with van der Waals surface area (Å²) in [5.74, 6) is 0.859. The second-order valence-electron chi connectivity index (χ2n) is 3.84.